The maximum absolute atomic E-state index is 11.2. The Morgan fingerprint density at radius 3 is 2.12 bits per heavy atom. The normalized spacial score (nSPS) is 19.4. The van der Waals surface area contributed by atoms with Crippen LogP contribution in [0.25, 0.3) is 0 Å². The van der Waals surface area contributed by atoms with Crippen molar-refractivity contribution in [2.75, 3.05) is 0 Å². The minimum atomic E-state index is 0.153. The summed E-state index contributed by atoms with van der Waals surface area (Å²) in [7, 11) is 0. The number of hydrogen-bond acceptors (Lipinski definition) is 1. The van der Waals surface area contributed by atoms with Crippen LogP contribution in [-0.4, -0.2) is 5.78 Å². The van der Waals surface area contributed by atoms with Gasteiger partial charge in [0.25, 0.3) is 0 Å². The first-order chi connectivity index (χ1) is 7.62. The lowest BCUT2D eigenvalue weighted by Crippen LogP contribution is -2.24. The molecule has 1 nitrogen and oxygen atoms in total. The molecule has 0 saturated heterocycles. The fourth-order valence-electron chi connectivity index (χ4n) is 2.73. The third-order valence-corrected chi connectivity index (χ3v) is 3.95. The van der Waals surface area contributed by atoms with Crippen LogP contribution in [0.4, 0.5) is 0 Å². The van der Waals surface area contributed by atoms with E-state index >= 15 is 0 Å². The van der Waals surface area contributed by atoms with E-state index in [4.69, 9.17) is 0 Å². The lowest BCUT2D eigenvalue weighted by Gasteiger charge is -2.34. The van der Waals surface area contributed by atoms with E-state index < -0.39 is 0 Å². The van der Waals surface area contributed by atoms with Crippen molar-refractivity contribution >= 4 is 5.78 Å². The Hall–Kier alpha value is -1.11. The molecule has 1 aromatic rings. The molecule has 0 spiro atoms. The second-order valence-corrected chi connectivity index (χ2v) is 5.25. The van der Waals surface area contributed by atoms with Crippen LogP contribution in [0.3, 0.4) is 0 Å². The summed E-state index contributed by atoms with van der Waals surface area (Å²) in [5.41, 5.74) is 2.56. The molecular formula is C15H20O. The Morgan fingerprint density at radius 1 is 1.06 bits per heavy atom. The maximum Gasteiger partial charge on any atom is 0.159 e. The maximum atomic E-state index is 11.2. The number of Topliss-reactive ketones (excluding diaryl/α,β-unsaturated/α-hetero) is 1. The van der Waals surface area contributed by atoms with Crippen molar-refractivity contribution in [2.24, 2.45) is 0 Å². The van der Waals surface area contributed by atoms with Crippen molar-refractivity contribution in [3.8, 4) is 0 Å². The Bertz CT molecular complexity index is 369. The van der Waals surface area contributed by atoms with Crippen LogP contribution in [0.5, 0.6) is 0 Å². The van der Waals surface area contributed by atoms with Crippen LogP contribution in [0.1, 0.15) is 61.9 Å². The fourth-order valence-corrected chi connectivity index (χ4v) is 2.73. The topological polar surface area (TPSA) is 17.1 Å². The molecule has 0 aliphatic heterocycles. The standard InChI is InChI=1S/C15H20O/c1-12(16)13-6-8-14(9-7-13)15(2)10-4-3-5-11-15/h6-9H,3-5,10-11H2,1-2H3. The first-order valence-electron chi connectivity index (χ1n) is 6.23. The average Bonchev–Trinajstić information content (AvgIpc) is 2.30. The quantitative estimate of drug-likeness (QED) is 0.680. The fraction of sp³-hybridized carbons (Fsp3) is 0.533. The zero-order valence-corrected chi connectivity index (χ0v) is 10.3. The summed E-state index contributed by atoms with van der Waals surface area (Å²) in [6.07, 6.45) is 6.62. The van der Waals surface area contributed by atoms with Gasteiger partial charge in [0.2, 0.25) is 0 Å². The minimum Gasteiger partial charge on any atom is -0.295 e. The lowest BCUT2D eigenvalue weighted by molar-refractivity contribution is 0.101. The molecule has 1 heteroatoms. The highest BCUT2D eigenvalue weighted by Crippen LogP contribution is 2.38. The molecular weight excluding hydrogens is 196 g/mol. The smallest absolute Gasteiger partial charge is 0.159 e. The van der Waals surface area contributed by atoms with Crippen molar-refractivity contribution in [3.63, 3.8) is 0 Å². The van der Waals surface area contributed by atoms with Crippen molar-refractivity contribution in [3.05, 3.63) is 35.4 Å². The molecule has 0 heterocycles. The van der Waals surface area contributed by atoms with Crippen LogP contribution >= 0.6 is 0 Å². The SMILES string of the molecule is CC(=O)c1ccc(C2(C)CCCCC2)cc1. The molecule has 1 aromatic carbocycles. The van der Waals surface area contributed by atoms with Crippen molar-refractivity contribution < 1.29 is 4.79 Å². The van der Waals surface area contributed by atoms with Gasteiger partial charge in [-0.3, -0.25) is 4.79 Å². The van der Waals surface area contributed by atoms with Gasteiger partial charge in [0.1, 0.15) is 0 Å². The number of carbonyl (C=O) groups is 1. The van der Waals surface area contributed by atoms with Crippen molar-refractivity contribution in [1.82, 2.24) is 0 Å². The van der Waals surface area contributed by atoms with E-state index in [-0.39, 0.29) is 5.78 Å². The molecule has 0 aromatic heterocycles. The molecule has 86 valence electrons. The first-order valence-corrected chi connectivity index (χ1v) is 6.23. The summed E-state index contributed by atoms with van der Waals surface area (Å²) in [5, 5.41) is 0. The molecule has 0 bridgehead atoms. The van der Waals surface area contributed by atoms with Crippen LogP contribution in [-0.2, 0) is 5.41 Å². The van der Waals surface area contributed by atoms with Gasteiger partial charge in [0.05, 0.1) is 0 Å². The predicted molar refractivity (Wildman–Crippen MR) is 66.9 cm³/mol. The Kier molecular flexibility index (Phi) is 3.13. The number of rotatable bonds is 2. The third kappa shape index (κ3) is 2.18. The molecule has 2 rings (SSSR count). The second kappa shape index (κ2) is 4.40. The highest BCUT2D eigenvalue weighted by Gasteiger charge is 2.28. The highest BCUT2D eigenvalue weighted by atomic mass is 16.1. The first kappa shape index (κ1) is 11.4. The Morgan fingerprint density at radius 2 is 1.62 bits per heavy atom. The van der Waals surface area contributed by atoms with Gasteiger partial charge in [-0.15, -0.1) is 0 Å². The van der Waals surface area contributed by atoms with Gasteiger partial charge in [-0.1, -0.05) is 50.5 Å². The largest absolute Gasteiger partial charge is 0.295 e. The zero-order chi connectivity index (χ0) is 11.6. The van der Waals surface area contributed by atoms with E-state index in [1.807, 2.05) is 12.1 Å². The summed E-state index contributed by atoms with van der Waals surface area (Å²) in [5.74, 6) is 0.153. The van der Waals surface area contributed by atoms with Crippen LogP contribution in [0, 0.1) is 0 Å². The summed E-state index contributed by atoms with van der Waals surface area (Å²) in [6, 6.07) is 8.22. The summed E-state index contributed by atoms with van der Waals surface area (Å²) < 4.78 is 0. The number of carbonyl (C=O) groups excluding carboxylic acids is 1. The number of benzene rings is 1. The van der Waals surface area contributed by atoms with Gasteiger partial charge in [0.15, 0.2) is 5.78 Å². The molecule has 16 heavy (non-hydrogen) atoms. The predicted octanol–water partition coefficient (Wildman–Crippen LogP) is 4.11. The highest BCUT2D eigenvalue weighted by molar-refractivity contribution is 5.94. The minimum absolute atomic E-state index is 0.153. The monoisotopic (exact) mass is 216 g/mol. The van der Waals surface area contributed by atoms with Crippen LogP contribution in [0.15, 0.2) is 24.3 Å². The molecule has 0 amide bonds. The van der Waals surface area contributed by atoms with E-state index in [1.165, 1.54) is 37.7 Å². The van der Waals surface area contributed by atoms with Gasteiger partial charge in [0, 0.05) is 5.56 Å². The number of hydrogen-bond donors (Lipinski definition) is 0. The molecule has 1 aliphatic carbocycles. The van der Waals surface area contributed by atoms with E-state index in [2.05, 4.69) is 19.1 Å². The average molecular weight is 216 g/mol. The summed E-state index contributed by atoms with van der Waals surface area (Å²) >= 11 is 0. The lowest BCUT2D eigenvalue weighted by atomic mass is 9.71. The zero-order valence-electron chi connectivity index (χ0n) is 10.3. The molecule has 0 unspecified atom stereocenters. The van der Waals surface area contributed by atoms with Crippen molar-refractivity contribution in [1.29, 1.82) is 0 Å². The summed E-state index contributed by atoms with van der Waals surface area (Å²) in [4.78, 5) is 11.2. The second-order valence-electron chi connectivity index (χ2n) is 5.25. The number of ketones is 1. The van der Waals surface area contributed by atoms with E-state index in [0.717, 1.165) is 5.56 Å². The van der Waals surface area contributed by atoms with Gasteiger partial charge >= 0.3 is 0 Å². The summed E-state index contributed by atoms with van der Waals surface area (Å²) in [6.45, 7) is 3.98. The Balaban J connectivity index is 2.23. The van der Waals surface area contributed by atoms with Crippen LogP contribution < -0.4 is 0 Å². The molecule has 1 fully saturated rings. The third-order valence-electron chi connectivity index (χ3n) is 3.95. The molecule has 1 aliphatic rings. The van der Waals surface area contributed by atoms with Gasteiger partial charge < -0.3 is 0 Å². The molecule has 1 saturated carbocycles. The van der Waals surface area contributed by atoms with Crippen molar-refractivity contribution in [2.45, 2.75) is 51.4 Å². The molecule has 0 N–H and O–H groups in total. The molecule has 0 radical (unpaired) electrons. The van der Waals surface area contributed by atoms with E-state index in [9.17, 15) is 4.79 Å². The molecule has 0 atom stereocenters. The van der Waals surface area contributed by atoms with Crippen LogP contribution in [0.2, 0.25) is 0 Å². The Labute approximate surface area is 97.9 Å². The van der Waals surface area contributed by atoms with Gasteiger partial charge in [-0.05, 0) is 30.7 Å². The van der Waals surface area contributed by atoms with Gasteiger partial charge in [-0.25, -0.2) is 0 Å². The van der Waals surface area contributed by atoms with Gasteiger partial charge in [-0.2, -0.15) is 0 Å². The van der Waals surface area contributed by atoms with E-state index in [0.29, 0.717) is 5.41 Å². The van der Waals surface area contributed by atoms with E-state index in [1.54, 1.807) is 6.92 Å².